The molecule has 6 heteroatoms. The highest BCUT2D eigenvalue weighted by atomic mass is 19.1. The summed E-state index contributed by atoms with van der Waals surface area (Å²) in [6, 6.07) is 14.7. The molecule has 0 unspecified atom stereocenters. The SMILES string of the molecule is CCc1c(C(=O)N2CCN(c3ccc(F)cc3)CC2)cnn1-c1ccc(C)cc1. The van der Waals surface area contributed by atoms with Crippen molar-refractivity contribution in [1.82, 2.24) is 14.7 Å². The van der Waals surface area contributed by atoms with Crippen LogP contribution in [0.3, 0.4) is 0 Å². The van der Waals surface area contributed by atoms with Gasteiger partial charge in [-0.05, 0) is 49.7 Å². The third kappa shape index (κ3) is 3.88. The molecule has 0 saturated carbocycles. The monoisotopic (exact) mass is 392 g/mol. The van der Waals surface area contributed by atoms with Crippen LogP contribution >= 0.6 is 0 Å². The molecule has 150 valence electrons. The molecular weight excluding hydrogens is 367 g/mol. The summed E-state index contributed by atoms with van der Waals surface area (Å²) in [7, 11) is 0. The zero-order valence-corrected chi connectivity index (χ0v) is 16.8. The number of hydrogen-bond donors (Lipinski definition) is 0. The molecule has 1 aliphatic rings. The van der Waals surface area contributed by atoms with E-state index in [0.29, 0.717) is 18.7 Å². The number of nitrogens with zero attached hydrogens (tertiary/aromatic N) is 4. The van der Waals surface area contributed by atoms with Crippen LogP contribution in [0.5, 0.6) is 0 Å². The van der Waals surface area contributed by atoms with Gasteiger partial charge in [0, 0.05) is 31.9 Å². The molecule has 3 aromatic rings. The lowest BCUT2D eigenvalue weighted by atomic mass is 10.1. The van der Waals surface area contributed by atoms with E-state index in [1.54, 1.807) is 18.3 Å². The Morgan fingerprint density at radius 3 is 2.21 bits per heavy atom. The minimum absolute atomic E-state index is 0.0268. The number of halogens is 1. The van der Waals surface area contributed by atoms with Crippen LogP contribution in [0.25, 0.3) is 5.69 Å². The lowest BCUT2D eigenvalue weighted by Crippen LogP contribution is -2.48. The first-order chi connectivity index (χ1) is 14.1. The Balaban J connectivity index is 1.49. The number of piperazine rings is 1. The molecule has 1 amide bonds. The summed E-state index contributed by atoms with van der Waals surface area (Å²) in [6.07, 6.45) is 2.41. The Bertz CT molecular complexity index is 987. The van der Waals surface area contributed by atoms with Crippen LogP contribution in [0.15, 0.2) is 54.7 Å². The van der Waals surface area contributed by atoms with Gasteiger partial charge in [0.15, 0.2) is 0 Å². The van der Waals surface area contributed by atoms with Gasteiger partial charge in [0.25, 0.3) is 5.91 Å². The Morgan fingerprint density at radius 2 is 1.59 bits per heavy atom. The molecule has 5 nitrogen and oxygen atoms in total. The van der Waals surface area contributed by atoms with Gasteiger partial charge in [-0.15, -0.1) is 0 Å². The minimum atomic E-state index is -0.236. The smallest absolute Gasteiger partial charge is 0.257 e. The predicted octanol–water partition coefficient (Wildman–Crippen LogP) is 3.84. The van der Waals surface area contributed by atoms with Crippen LogP contribution in [0.1, 0.15) is 28.5 Å². The summed E-state index contributed by atoms with van der Waals surface area (Å²) < 4.78 is 15.0. The van der Waals surface area contributed by atoms with Gasteiger partial charge < -0.3 is 9.80 Å². The molecule has 0 bridgehead atoms. The number of benzene rings is 2. The number of carbonyl (C=O) groups excluding carboxylic acids is 1. The number of aryl methyl sites for hydroxylation is 1. The van der Waals surface area contributed by atoms with E-state index in [4.69, 9.17) is 0 Å². The van der Waals surface area contributed by atoms with Crippen LogP contribution in [0.2, 0.25) is 0 Å². The Morgan fingerprint density at radius 1 is 0.966 bits per heavy atom. The van der Waals surface area contributed by atoms with Gasteiger partial charge in [-0.25, -0.2) is 9.07 Å². The molecule has 2 aromatic carbocycles. The molecule has 1 fully saturated rings. The number of carbonyl (C=O) groups is 1. The zero-order chi connectivity index (χ0) is 20.4. The predicted molar refractivity (Wildman–Crippen MR) is 112 cm³/mol. The third-order valence-corrected chi connectivity index (χ3v) is 5.47. The molecule has 1 saturated heterocycles. The summed E-state index contributed by atoms with van der Waals surface area (Å²) in [5, 5.41) is 4.50. The fraction of sp³-hybridized carbons (Fsp3) is 0.304. The first-order valence-electron chi connectivity index (χ1n) is 10.0. The van der Waals surface area contributed by atoms with E-state index < -0.39 is 0 Å². The largest absolute Gasteiger partial charge is 0.368 e. The van der Waals surface area contributed by atoms with Gasteiger partial charge in [0.1, 0.15) is 5.82 Å². The summed E-state index contributed by atoms with van der Waals surface area (Å²) >= 11 is 0. The molecule has 0 N–H and O–H groups in total. The van der Waals surface area contributed by atoms with Crippen molar-refractivity contribution in [3.63, 3.8) is 0 Å². The Hall–Kier alpha value is -3.15. The van der Waals surface area contributed by atoms with E-state index in [2.05, 4.69) is 10.00 Å². The molecule has 4 rings (SSSR count). The molecule has 0 spiro atoms. The highest BCUT2D eigenvalue weighted by Crippen LogP contribution is 2.21. The normalized spacial score (nSPS) is 14.3. The van der Waals surface area contributed by atoms with Gasteiger partial charge in [-0.2, -0.15) is 5.10 Å². The van der Waals surface area contributed by atoms with Crippen molar-refractivity contribution >= 4 is 11.6 Å². The summed E-state index contributed by atoms with van der Waals surface area (Å²) in [5.74, 6) is -0.209. The van der Waals surface area contributed by atoms with E-state index in [0.717, 1.165) is 36.6 Å². The molecule has 0 radical (unpaired) electrons. The van der Waals surface area contributed by atoms with Crippen LogP contribution < -0.4 is 4.90 Å². The molecular formula is C23H25FN4O. The highest BCUT2D eigenvalue weighted by molar-refractivity contribution is 5.95. The number of amides is 1. The number of rotatable bonds is 4. The summed E-state index contributed by atoms with van der Waals surface area (Å²) in [4.78, 5) is 17.2. The average Bonchev–Trinajstić information content (AvgIpc) is 3.18. The quantitative estimate of drug-likeness (QED) is 0.677. The molecule has 1 aliphatic heterocycles. The van der Waals surface area contributed by atoms with E-state index in [9.17, 15) is 9.18 Å². The summed E-state index contributed by atoms with van der Waals surface area (Å²) in [6.45, 7) is 6.82. The lowest BCUT2D eigenvalue weighted by molar-refractivity contribution is 0.0745. The fourth-order valence-electron chi connectivity index (χ4n) is 3.79. The molecule has 29 heavy (non-hydrogen) atoms. The van der Waals surface area contributed by atoms with Crippen LogP contribution in [0.4, 0.5) is 10.1 Å². The first kappa shape index (κ1) is 19.2. The van der Waals surface area contributed by atoms with E-state index in [-0.39, 0.29) is 11.7 Å². The van der Waals surface area contributed by atoms with Gasteiger partial charge in [0.2, 0.25) is 0 Å². The molecule has 0 atom stereocenters. The van der Waals surface area contributed by atoms with Crippen LogP contribution in [0, 0.1) is 12.7 Å². The standard InChI is InChI=1S/C23H25FN4O/c1-3-22-21(16-25-28(22)20-8-4-17(2)5-9-20)23(29)27-14-12-26(13-15-27)19-10-6-18(24)7-11-19/h4-11,16H,3,12-15H2,1-2H3. The first-order valence-corrected chi connectivity index (χ1v) is 10.0. The second-order valence-electron chi connectivity index (χ2n) is 7.36. The zero-order valence-electron chi connectivity index (χ0n) is 16.8. The molecule has 0 aliphatic carbocycles. The van der Waals surface area contributed by atoms with E-state index in [1.807, 2.05) is 47.7 Å². The second kappa shape index (κ2) is 8.07. The van der Waals surface area contributed by atoms with E-state index >= 15 is 0 Å². The number of hydrogen-bond acceptors (Lipinski definition) is 3. The van der Waals surface area contributed by atoms with Crippen molar-refractivity contribution in [2.24, 2.45) is 0 Å². The second-order valence-corrected chi connectivity index (χ2v) is 7.36. The Kier molecular flexibility index (Phi) is 5.34. The minimum Gasteiger partial charge on any atom is -0.368 e. The number of anilines is 1. The van der Waals surface area contributed by atoms with Crippen molar-refractivity contribution in [3.05, 3.63) is 77.4 Å². The van der Waals surface area contributed by atoms with Crippen LogP contribution in [-0.2, 0) is 6.42 Å². The van der Waals surface area contributed by atoms with Crippen LogP contribution in [-0.4, -0.2) is 46.8 Å². The Labute approximate surface area is 170 Å². The molecule has 2 heterocycles. The maximum absolute atomic E-state index is 13.2. The van der Waals surface area contributed by atoms with Crippen molar-refractivity contribution in [1.29, 1.82) is 0 Å². The van der Waals surface area contributed by atoms with E-state index in [1.165, 1.54) is 17.7 Å². The van der Waals surface area contributed by atoms with Gasteiger partial charge in [-0.3, -0.25) is 4.79 Å². The maximum atomic E-state index is 13.2. The van der Waals surface area contributed by atoms with Crippen molar-refractivity contribution in [2.45, 2.75) is 20.3 Å². The fourth-order valence-corrected chi connectivity index (χ4v) is 3.79. The van der Waals surface area contributed by atoms with Gasteiger partial charge in [-0.1, -0.05) is 24.6 Å². The van der Waals surface area contributed by atoms with Gasteiger partial charge >= 0.3 is 0 Å². The van der Waals surface area contributed by atoms with Gasteiger partial charge in [0.05, 0.1) is 23.1 Å². The maximum Gasteiger partial charge on any atom is 0.257 e. The third-order valence-electron chi connectivity index (χ3n) is 5.47. The topological polar surface area (TPSA) is 41.4 Å². The van der Waals surface area contributed by atoms with Crippen molar-refractivity contribution in [2.75, 3.05) is 31.1 Å². The number of aromatic nitrogens is 2. The lowest BCUT2D eigenvalue weighted by Gasteiger charge is -2.36. The molecule has 1 aromatic heterocycles. The van der Waals surface area contributed by atoms with Crippen molar-refractivity contribution < 1.29 is 9.18 Å². The summed E-state index contributed by atoms with van der Waals surface area (Å²) in [5.41, 5.74) is 4.74. The van der Waals surface area contributed by atoms with Crippen molar-refractivity contribution in [3.8, 4) is 5.69 Å². The highest BCUT2D eigenvalue weighted by Gasteiger charge is 2.26. The average molecular weight is 392 g/mol.